The van der Waals surface area contributed by atoms with Gasteiger partial charge in [0, 0.05) is 56.2 Å². The van der Waals surface area contributed by atoms with E-state index >= 15 is 0 Å². The van der Waals surface area contributed by atoms with E-state index in [0.717, 1.165) is 22.5 Å². The maximum Gasteiger partial charge on any atom is 0.256 e. The average Bonchev–Trinajstić information content (AvgIpc) is 3.53. The van der Waals surface area contributed by atoms with Gasteiger partial charge in [-0.25, -0.2) is 0 Å². The molecule has 2 amide bonds. The molecule has 2 atom stereocenters. The van der Waals surface area contributed by atoms with Crippen LogP contribution in [0.25, 0.3) is 11.6 Å². The normalized spacial score (nSPS) is 18.7. The Balaban J connectivity index is 1.42. The molecule has 3 heterocycles. The average molecular weight is 573 g/mol. The summed E-state index contributed by atoms with van der Waals surface area (Å²) in [6, 6.07) is 10.4. The number of carbonyl (C=O) groups excluding carboxylic acids is 2. The number of aliphatic hydroxyl groups excluding tert-OH is 1. The Labute approximate surface area is 233 Å². The van der Waals surface area contributed by atoms with Gasteiger partial charge in [-0.2, -0.15) is 0 Å². The molecule has 1 unspecified atom stereocenters. The fraction of sp³-hybridized carbons (Fsp3) is 0.286. The minimum atomic E-state index is -1.44. The van der Waals surface area contributed by atoms with Crippen LogP contribution >= 0.6 is 23.2 Å². The van der Waals surface area contributed by atoms with Crippen LogP contribution in [0.2, 0.25) is 10.0 Å². The molecule has 7 nitrogen and oxygen atoms in total. The number of carbonyl (C=O) groups is 2. The maximum absolute atomic E-state index is 13.2. The zero-order chi connectivity index (χ0) is 27.1. The molecule has 0 bridgehead atoms. The van der Waals surface area contributed by atoms with Gasteiger partial charge >= 0.3 is 0 Å². The summed E-state index contributed by atoms with van der Waals surface area (Å²) < 4.78 is 13.2. The summed E-state index contributed by atoms with van der Waals surface area (Å²) in [4.78, 5) is 31.2. The molecule has 1 fully saturated rings. The topological polar surface area (TPSA) is 102 Å². The SMILES string of the molecule is Cc1[nH]c(C=C2C(=O)Nc3ccc(S(=O)Cc4c(Cl)cccc4Cl)cc32)c(C)c1CC(=O)N1CC[C@@H](O)C1. The lowest BCUT2D eigenvalue weighted by atomic mass is 10.0. The van der Waals surface area contributed by atoms with Gasteiger partial charge in [0.25, 0.3) is 5.91 Å². The van der Waals surface area contributed by atoms with E-state index in [1.807, 2.05) is 13.8 Å². The van der Waals surface area contributed by atoms with Crippen molar-refractivity contribution in [2.24, 2.45) is 0 Å². The number of aryl methyl sites for hydroxylation is 1. The highest BCUT2D eigenvalue weighted by Gasteiger charge is 2.28. The predicted molar refractivity (Wildman–Crippen MR) is 151 cm³/mol. The van der Waals surface area contributed by atoms with Crippen LogP contribution in [0.15, 0.2) is 41.3 Å². The van der Waals surface area contributed by atoms with E-state index in [2.05, 4.69) is 10.3 Å². The van der Waals surface area contributed by atoms with Gasteiger partial charge < -0.3 is 20.3 Å². The number of hydrogen-bond acceptors (Lipinski definition) is 4. The third kappa shape index (κ3) is 5.18. The lowest BCUT2D eigenvalue weighted by Gasteiger charge is -2.15. The summed E-state index contributed by atoms with van der Waals surface area (Å²) in [5, 5.41) is 13.5. The molecular formula is C28H27Cl2N3O4S. The van der Waals surface area contributed by atoms with Gasteiger partial charge in [-0.05, 0) is 67.8 Å². The Morgan fingerprint density at radius 3 is 2.61 bits per heavy atom. The number of aliphatic hydroxyl groups is 1. The van der Waals surface area contributed by atoms with E-state index in [1.165, 1.54) is 0 Å². The molecular weight excluding hydrogens is 545 g/mol. The van der Waals surface area contributed by atoms with E-state index in [9.17, 15) is 18.9 Å². The number of fused-ring (bicyclic) bond motifs is 1. The number of halogens is 2. The van der Waals surface area contributed by atoms with E-state index in [4.69, 9.17) is 23.2 Å². The van der Waals surface area contributed by atoms with Crippen LogP contribution in [0.1, 0.15) is 40.1 Å². The van der Waals surface area contributed by atoms with Gasteiger partial charge in [0.2, 0.25) is 5.91 Å². The molecule has 2 aromatic carbocycles. The first-order chi connectivity index (χ1) is 18.1. The molecule has 1 saturated heterocycles. The zero-order valence-electron chi connectivity index (χ0n) is 20.9. The molecule has 0 aliphatic carbocycles. The Bertz CT molecular complexity index is 1490. The second-order valence-corrected chi connectivity index (χ2v) is 11.9. The number of aromatic nitrogens is 1. The highest BCUT2D eigenvalue weighted by atomic mass is 35.5. The second kappa shape index (κ2) is 10.7. The minimum Gasteiger partial charge on any atom is -0.391 e. The van der Waals surface area contributed by atoms with E-state index in [0.29, 0.717) is 56.8 Å². The number of β-amino-alcohol motifs (C(OH)–C–C–N with tert-alkyl or cyclic N) is 1. The maximum atomic E-state index is 13.2. The first-order valence-electron chi connectivity index (χ1n) is 12.2. The molecule has 1 aromatic heterocycles. The van der Waals surface area contributed by atoms with Crippen molar-refractivity contribution in [2.75, 3.05) is 18.4 Å². The number of anilines is 1. The Morgan fingerprint density at radius 1 is 1.18 bits per heavy atom. The molecule has 2 aliphatic heterocycles. The van der Waals surface area contributed by atoms with Crippen LogP contribution in [0, 0.1) is 13.8 Å². The summed E-state index contributed by atoms with van der Waals surface area (Å²) >= 11 is 12.5. The minimum absolute atomic E-state index is 0.0272. The highest BCUT2D eigenvalue weighted by Crippen LogP contribution is 2.36. The summed E-state index contributed by atoms with van der Waals surface area (Å²) in [7, 11) is -1.44. The number of hydrogen-bond donors (Lipinski definition) is 3. The van der Waals surface area contributed by atoms with Crippen LogP contribution in [-0.2, 0) is 32.6 Å². The van der Waals surface area contributed by atoms with Crippen LogP contribution in [0.4, 0.5) is 5.69 Å². The molecule has 10 heteroatoms. The number of amides is 2. The molecule has 2 aliphatic rings. The third-order valence-corrected chi connectivity index (χ3v) is 9.18. The number of benzene rings is 2. The van der Waals surface area contributed by atoms with Crippen molar-refractivity contribution in [2.45, 2.75) is 43.4 Å². The van der Waals surface area contributed by atoms with Crippen molar-refractivity contribution >= 4 is 63.2 Å². The molecule has 0 spiro atoms. The molecule has 0 saturated carbocycles. The zero-order valence-corrected chi connectivity index (χ0v) is 23.3. The van der Waals surface area contributed by atoms with Crippen molar-refractivity contribution < 1.29 is 18.9 Å². The van der Waals surface area contributed by atoms with Gasteiger partial charge in [-0.1, -0.05) is 29.3 Å². The van der Waals surface area contributed by atoms with Crippen LogP contribution in [0.3, 0.4) is 0 Å². The molecule has 0 radical (unpaired) electrons. The van der Waals surface area contributed by atoms with Crippen molar-refractivity contribution in [1.82, 2.24) is 9.88 Å². The number of nitrogens with one attached hydrogen (secondary N) is 2. The van der Waals surface area contributed by atoms with Crippen LogP contribution in [0.5, 0.6) is 0 Å². The number of likely N-dealkylation sites (tertiary alicyclic amines) is 1. The molecule has 5 rings (SSSR count). The molecule has 198 valence electrons. The largest absolute Gasteiger partial charge is 0.391 e. The summed E-state index contributed by atoms with van der Waals surface area (Å²) in [5.74, 6) is -0.133. The summed E-state index contributed by atoms with van der Waals surface area (Å²) in [6.45, 7) is 4.74. The first-order valence-corrected chi connectivity index (χ1v) is 14.3. The molecule has 3 N–H and O–H groups in total. The summed E-state index contributed by atoms with van der Waals surface area (Å²) in [5.41, 5.74) is 5.71. The molecule has 3 aromatic rings. The standard InChI is InChI=1S/C28H27Cl2N3O4S/c1-15-19(12-27(35)33-9-8-17(34)13-33)16(2)31-26(15)11-21-20-10-18(6-7-25(20)32-28(21)36)38(37)14-22-23(29)4-3-5-24(22)30/h3-7,10-11,17,31,34H,8-9,12-14H2,1-2H3,(H,32,36)/t17-,38?/m1/s1. The lowest BCUT2D eigenvalue weighted by molar-refractivity contribution is -0.129. The Hall–Kier alpha value is -2.91. The quantitative estimate of drug-likeness (QED) is 0.367. The van der Waals surface area contributed by atoms with Gasteiger partial charge in [0.15, 0.2) is 0 Å². The number of aromatic amines is 1. The molecule has 38 heavy (non-hydrogen) atoms. The van der Waals surface area contributed by atoms with Gasteiger partial charge in [0.1, 0.15) is 0 Å². The lowest BCUT2D eigenvalue weighted by Crippen LogP contribution is -2.31. The van der Waals surface area contributed by atoms with E-state index in [1.54, 1.807) is 47.4 Å². The van der Waals surface area contributed by atoms with Gasteiger partial charge in [0.05, 0.1) is 34.7 Å². The highest BCUT2D eigenvalue weighted by molar-refractivity contribution is 7.84. The first kappa shape index (κ1) is 26.7. The predicted octanol–water partition coefficient (Wildman–Crippen LogP) is 4.87. The number of rotatable bonds is 6. The van der Waals surface area contributed by atoms with Crippen LogP contribution in [-0.4, -0.2) is 50.2 Å². The van der Waals surface area contributed by atoms with Gasteiger partial charge in [-0.15, -0.1) is 0 Å². The van der Waals surface area contributed by atoms with E-state index < -0.39 is 16.9 Å². The van der Waals surface area contributed by atoms with Gasteiger partial charge in [-0.3, -0.25) is 13.8 Å². The van der Waals surface area contributed by atoms with Crippen molar-refractivity contribution in [3.63, 3.8) is 0 Å². The van der Waals surface area contributed by atoms with Crippen LogP contribution < -0.4 is 5.32 Å². The fourth-order valence-corrected chi connectivity index (χ4v) is 6.84. The monoisotopic (exact) mass is 571 g/mol. The Morgan fingerprint density at radius 2 is 1.92 bits per heavy atom. The Kier molecular flexibility index (Phi) is 7.51. The van der Waals surface area contributed by atoms with Crippen molar-refractivity contribution in [3.05, 3.63) is 80.1 Å². The number of H-pyrrole nitrogens is 1. The van der Waals surface area contributed by atoms with Crippen molar-refractivity contribution in [1.29, 1.82) is 0 Å². The fourth-order valence-electron chi connectivity index (χ4n) is 4.94. The summed E-state index contributed by atoms with van der Waals surface area (Å²) in [6.07, 6.45) is 2.13. The second-order valence-electron chi connectivity index (χ2n) is 9.64. The van der Waals surface area contributed by atoms with E-state index in [-0.39, 0.29) is 24.0 Å². The smallest absolute Gasteiger partial charge is 0.256 e. The third-order valence-electron chi connectivity index (χ3n) is 7.14. The number of nitrogens with zero attached hydrogens (tertiary/aromatic N) is 1. The van der Waals surface area contributed by atoms with Crippen molar-refractivity contribution in [3.8, 4) is 0 Å².